The maximum Gasteiger partial charge on any atom is 0.273 e. The van der Waals surface area contributed by atoms with Crippen molar-refractivity contribution in [2.45, 2.75) is 13.0 Å². The Morgan fingerprint density at radius 1 is 1.14 bits per heavy atom. The first-order valence-corrected chi connectivity index (χ1v) is 6.68. The zero-order chi connectivity index (χ0) is 15.1. The predicted octanol–water partition coefficient (Wildman–Crippen LogP) is 2.83. The lowest BCUT2D eigenvalue weighted by Gasteiger charge is -2.13. The molecule has 1 N–H and O–H groups in total. The molecule has 2 rings (SSSR count). The lowest BCUT2D eigenvalue weighted by atomic mass is 10.1. The summed E-state index contributed by atoms with van der Waals surface area (Å²) in [6.45, 7) is 2.02. The van der Waals surface area contributed by atoms with Gasteiger partial charge in [-0.25, -0.2) is 5.43 Å². The van der Waals surface area contributed by atoms with Gasteiger partial charge in [0.25, 0.3) is 5.91 Å². The number of methoxy groups -OCH3 is 1. The smallest absolute Gasteiger partial charge is 0.273 e. The molecule has 0 aliphatic heterocycles. The van der Waals surface area contributed by atoms with E-state index in [4.69, 9.17) is 4.74 Å². The molecule has 1 amide bonds. The molecular formula is C17H18N2O2. The first kappa shape index (κ1) is 14.9. The Labute approximate surface area is 124 Å². The highest BCUT2D eigenvalue weighted by Gasteiger charge is 2.18. The highest BCUT2D eigenvalue weighted by Crippen LogP contribution is 2.15. The van der Waals surface area contributed by atoms with E-state index in [1.54, 1.807) is 6.21 Å². The van der Waals surface area contributed by atoms with Gasteiger partial charge in [-0.1, -0.05) is 60.2 Å². The van der Waals surface area contributed by atoms with E-state index >= 15 is 0 Å². The van der Waals surface area contributed by atoms with Gasteiger partial charge in [-0.2, -0.15) is 5.10 Å². The van der Waals surface area contributed by atoms with Gasteiger partial charge in [0, 0.05) is 7.11 Å². The van der Waals surface area contributed by atoms with E-state index in [9.17, 15) is 4.79 Å². The number of hydrogen-bond acceptors (Lipinski definition) is 3. The van der Waals surface area contributed by atoms with Gasteiger partial charge in [0.2, 0.25) is 0 Å². The second-order valence-corrected chi connectivity index (χ2v) is 4.67. The molecule has 0 radical (unpaired) electrons. The second kappa shape index (κ2) is 7.36. The van der Waals surface area contributed by atoms with E-state index in [1.165, 1.54) is 12.7 Å². The number of aryl methyl sites for hydroxylation is 1. The number of benzene rings is 2. The first-order chi connectivity index (χ1) is 10.2. The Morgan fingerprint density at radius 3 is 2.43 bits per heavy atom. The van der Waals surface area contributed by atoms with Crippen LogP contribution in [0.2, 0.25) is 0 Å². The SMILES string of the molecule is CO[C@@H](C(=O)N/N=C\c1ccc(C)cc1)c1ccccc1. The summed E-state index contributed by atoms with van der Waals surface area (Å²) in [6, 6.07) is 17.2. The van der Waals surface area contributed by atoms with E-state index in [0.717, 1.165) is 11.1 Å². The molecule has 0 spiro atoms. The summed E-state index contributed by atoms with van der Waals surface area (Å²) >= 11 is 0. The summed E-state index contributed by atoms with van der Waals surface area (Å²) in [5.74, 6) is -0.299. The minimum Gasteiger partial charge on any atom is -0.367 e. The van der Waals surface area contributed by atoms with Crippen molar-refractivity contribution < 1.29 is 9.53 Å². The molecule has 0 aliphatic rings. The van der Waals surface area contributed by atoms with Gasteiger partial charge >= 0.3 is 0 Å². The van der Waals surface area contributed by atoms with Crippen molar-refractivity contribution in [2.24, 2.45) is 5.10 Å². The van der Waals surface area contributed by atoms with Gasteiger partial charge in [-0.15, -0.1) is 0 Å². The summed E-state index contributed by atoms with van der Waals surface area (Å²) in [7, 11) is 1.50. The Hall–Kier alpha value is -2.46. The summed E-state index contributed by atoms with van der Waals surface area (Å²) < 4.78 is 5.23. The number of ether oxygens (including phenoxy) is 1. The highest BCUT2D eigenvalue weighted by molar-refractivity contribution is 5.85. The van der Waals surface area contributed by atoms with E-state index in [-0.39, 0.29) is 5.91 Å². The molecule has 0 bridgehead atoms. The lowest BCUT2D eigenvalue weighted by molar-refractivity contribution is -0.131. The monoisotopic (exact) mass is 282 g/mol. The van der Waals surface area contributed by atoms with Crippen LogP contribution in [0.15, 0.2) is 59.7 Å². The van der Waals surface area contributed by atoms with Crippen LogP contribution in [-0.2, 0) is 9.53 Å². The Bertz CT molecular complexity index is 606. The van der Waals surface area contributed by atoms with Crippen LogP contribution < -0.4 is 5.43 Å². The fourth-order valence-corrected chi connectivity index (χ4v) is 1.90. The van der Waals surface area contributed by atoms with Gasteiger partial charge in [0.05, 0.1) is 6.21 Å². The number of amides is 1. The predicted molar refractivity (Wildman–Crippen MR) is 83.1 cm³/mol. The Kier molecular flexibility index (Phi) is 5.23. The molecule has 4 nitrogen and oxygen atoms in total. The van der Waals surface area contributed by atoms with E-state index < -0.39 is 6.10 Å². The molecule has 0 fully saturated rings. The summed E-state index contributed by atoms with van der Waals surface area (Å²) in [6.07, 6.45) is 0.941. The van der Waals surface area contributed by atoms with Gasteiger partial charge in [-0.3, -0.25) is 4.79 Å². The van der Waals surface area contributed by atoms with Crippen molar-refractivity contribution in [1.29, 1.82) is 0 Å². The third kappa shape index (κ3) is 4.26. The molecule has 2 aromatic rings. The van der Waals surface area contributed by atoms with Crippen molar-refractivity contribution in [3.63, 3.8) is 0 Å². The molecule has 21 heavy (non-hydrogen) atoms. The van der Waals surface area contributed by atoms with Gasteiger partial charge < -0.3 is 4.74 Å². The molecule has 4 heteroatoms. The average molecular weight is 282 g/mol. The maximum absolute atomic E-state index is 12.1. The average Bonchev–Trinajstić information content (AvgIpc) is 2.51. The first-order valence-electron chi connectivity index (χ1n) is 6.68. The third-order valence-electron chi connectivity index (χ3n) is 3.04. The Morgan fingerprint density at radius 2 is 1.81 bits per heavy atom. The minimum absolute atomic E-state index is 0.299. The van der Waals surface area contributed by atoms with Crippen LogP contribution in [0.5, 0.6) is 0 Å². The third-order valence-corrected chi connectivity index (χ3v) is 3.04. The fourth-order valence-electron chi connectivity index (χ4n) is 1.90. The van der Waals surface area contributed by atoms with Crippen LogP contribution in [0.25, 0.3) is 0 Å². The van der Waals surface area contributed by atoms with Crippen LogP contribution in [0.4, 0.5) is 0 Å². The molecule has 108 valence electrons. The molecule has 0 aliphatic carbocycles. The van der Waals surface area contributed by atoms with Crippen molar-refractivity contribution in [3.8, 4) is 0 Å². The van der Waals surface area contributed by atoms with Gasteiger partial charge in [0.1, 0.15) is 0 Å². The minimum atomic E-state index is -0.665. The van der Waals surface area contributed by atoms with E-state index in [2.05, 4.69) is 10.5 Å². The van der Waals surface area contributed by atoms with Crippen LogP contribution in [0.3, 0.4) is 0 Å². The van der Waals surface area contributed by atoms with Gasteiger partial charge in [-0.05, 0) is 18.1 Å². The summed E-state index contributed by atoms with van der Waals surface area (Å²) in [4.78, 5) is 12.1. The zero-order valence-electron chi connectivity index (χ0n) is 12.1. The quantitative estimate of drug-likeness (QED) is 0.677. The molecule has 0 saturated heterocycles. The van der Waals surface area contributed by atoms with Crippen LogP contribution in [-0.4, -0.2) is 19.2 Å². The number of carbonyl (C=O) groups is 1. The standard InChI is InChI=1S/C17H18N2O2/c1-13-8-10-14(11-9-13)12-18-19-17(20)16(21-2)15-6-4-3-5-7-15/h3-12,16H,1-2H3,(H,19,20)/b18-12-/t16-/m1/s1. The molecular weight excluding hydrogens is 264 g/mol. The summed E-state index contributed by atoms with van der Waals surface area (Å²) in [5, 5.41) is 3.96. The molecule has 1 atom stereocenters. The fraction of sp³-hybridized carbons (Fsp3) is 0.176. The van der Waals surface area contributed by atoms with Crippen LogP contribution >= 0.6 is 0 Å². The topological polar surface area (TPSA) is 50.7 Å². The maximum atomic E-state index is 12.1. The van der Waals surface area contributed by atoms with Gasteiger partial charge in [0.15, 0.2) is 6.10 Å². The molecule has 2 aromatic carbocycles. The molecule has 0 heterocycles. The van der Waals surface area contributed by atoms with Crippen molar-refractivity contribution in [1.82, 2.24) is 5.43 Å². The lowest BCUT2D eigenvalue weighted by Crippen LogP contribution is -2.26. The van der Waals surface area contributed by atoms with Crippen LogP contribution in [0.1, 0.15) is 22.8 Å². The number of hydrogen-bond donors (Lipinski definition) is 1. The largest absolute Gasteiger partial charge is 0.367 e. The van der Waals surface area contributed by atoms with Crippen LogP contribution in [0, 0.1) is 6.92 Å². The zero-order valence-corrected chi connectivity index (χ0v) is 12.1. The normalized spacial score (nSPS) is 12.3. The number of carbonyl (C=O) groups excluding carboxylic acids is 1. The van der Waals surface area contributed by atoms with E-state index in [1.807, 2.05) is 61.5 Å². The second-order valence-electron chi connectivity index (χ2n) is 4.67. The van der Waals surface area contributed by atoms with Crippen molar-refractivity contribution >= 4 is 12.1 Å². The Balaban J connectivity index is 1.98. The van der Waals surface area contributed by atoms with Crippen molar-refractivity contribution in [2.75, 3.05) is 7.11 Å². The van der Waals surface area contributed by atoms with Crippen molar-refractivity contribution in [3.05, 3.63) is 71.3 Å². The number of nitrogens with one attached hydrogen (secondary N) is 1. The van der Waals surface area contributed by atoms with E-state index in [0.29, 0.717) is 0 Å². The summed E-state index contributed by atoms with van der Waals surface area (Å²) in [5.41, 5.74) is 5.40. The molecule has 0 saturated carbocycles. The number of rotatable bonds is 5. The number of hydrazone groups is 1. The molecule has 0 aromatic heterocycles. The molecule has 0 unspecified atom stereocenters. The highest BCUT2D eigenvalue weighted by atomic mass is 16.5. The number of nitrogens with zero attached hydrogens (tertiary/aromatic N) is 1.